The Balaban J connectivity index is 2.07. The minimum absolute atomic E-state index is 0.166. The SMILES string of the molecule is O=C1N(CCCBr)c2c(Cl)cccc2C12OCCCO2. The number of anilines is 1. The van der Waals surface area contributed by atoms with Crippen molar-refractivity contribution in [3.63, 3.8) is 0 Å². The highest BCUT2D eigenvalue weighted by atomic mass is 79.9. The summed E-state index contributed by atoms with van der Waals surface area (Å²) in [5.74, 6) is -1.45. The van der Waals surface area contributed by atoms with E-state index in [4.69, 9.17) is 21.1 Å². The number of hydrogen-bond acceptors (Lipinski definition) is 3. The number of fused-ring (bicyclic) bond motifs is 2. The van der Waals surface area contributed by atoms with Crippen LogP contribution >= 0.6 is 27.5 Å². The van der Waals surface area contributed by atoms with Gasteiger partial charge in [0, 0.05) is 17.4 Å². The van der Waals surface area contributed by atoms with Crippen LogP contribution in [0.5, 0.6) is 0 Å². The second-order valence-electron chi connectivity index (χ2n) is 4.80. The quantitative estimate of drug-likeness (QED) is 0.778. The van der Waals surface area contributed by atoms with Gasteiger partial charge < -0.3 is 14.4 Å². The lowest BCUT2D eigenvalue weighted by Crippen LogP contribution is -2.47. The summed E-state index contributed by atoms with van der Waals surface area (Å²) >= 11 is 9.68. The summed E-state index contributed by atoms with van der Waals surface area (Å²) in [6.07, 6.45) is 1.64. The predicted molar refractivity (Wildman–Crippen MR) is 80.4 cm³/mol. The minimum atomic E-state index is -1.29. The van der Waals surface area contributed by atoms with Crippen molar-refractivity contribution in [2.24, 2.45) is 0 Å². The molecule has 1 aromatic carbocycles. The molecule has 1 saturated heterocycles. The molecule has 20 heavy (non-hydrogen) atoms. The van der Waals surface area contributed by atoms with Crippen LogP contribution in [-0.2, 0) is 20.1 Å². The zero-order valence-corrected chi connectivity index (χ0v) is 13.2. The van der Waals surface area contributed by atoms with Crippen LogP contribution in [0.4, 0.5) is 5.69 Å². The van der Waals surface area contributed by atoms with Gasteiger partial charge in [0.1, 0.15) is 0 Å². The molecule has 1 amide bonds. The number of benzene rings is 1. The molecule has 2 heterocycles. The van der Waals surface area contributed by atoms with E-state index in [0.717, 1.165) is 29.4 Å². The van der Waals surface area contributed by atoms with Gasteiger partial charge in [-0.05, 0) is 18.9 Å². The summed E-state index contributed by atoms with van der Waals surface area (Å²) in [7, 11) is 0. The molecule has 1 aromatic rings. The summed E-state index contributed by atoms with van der Waals surface area (Å²) in [6.45, 7) is 1.63. The predicted octanol–water partition coefficient (Wildman–Crippen LogP) is 3.06. The van der Waals surface area contributed by atoms with Crippen molar-refractivity contribution in [3.8, 4) is 0 Å². The number of carbonyl (C=O) groups excluding carboxylic acids is 1. The number of nitrogens with zero attached hydrogens (tertiary/aromatic N) is 1. The molecule has 0 N–H and O–H groups in total. The van der Waals surface area contributed by atoms with Gasteiger partial charge in [-0.15, -0.1) is 0 Å². The van der Waals surface area contributed by atoms with Crippen molar-refractivity contribution in [2.75, 3.05) is 30.0 Å². The minimum Gasteiger partial charge on any atom is -0.338 e. The van der Waals surface area contributed by atoms with Crippen LogP contribution in [0, 0.1) is 0 Å². The fraction of sp³-hybridized carbons (Fsp3) is 0.500. The summed E-state index contributed by atoms with van der Waals surface area (Å²) in [6, 6.07) is 5.47. The highest BCUT2D eigenvalue weighted by Crippen LogP contribution is 2.48. The van der Waals surface area contributed by atoms with Crippen molar-refractivity contribution in [3.05, 3.63) is 28.8 Å². The van der Waals surface area contributed by atoms with Crippen LogP contribution < -0.4 is 4.90 Å². The molecule has 0 aromatic heterocycles. The van der Waals surface area contributed by atoms with Gasteiger partial charge in [-0.25, -0.2) is 0 Å². The van der Waals surface area contributed by atoms with Gasteiger partial charge >= 0.3 is 0 Å². The van der Waals surface area contributed by atoms with E-state index >= 15 is 0 Å². The van der Waals surface area contributed by atoms with Crippen LogP contribution in [-0.4, -0.2) is 31.0 Å². The Morgan fingerprint density at radius 2 is 2.10 bits per heavy atom. The first-order valence-electron chi connectivity index (χ1n) is 6.65. The van der Waals surface area contributed by atoms with E-state index in [9.17, 15) is 4.79 Å². The van der Waals surface area contributed by atoms with Crippen LogP contribution in [0.25, 0.3) is 0 Å². The van der Waals surface area contributed by atoms with Crippen molar-refractivity contribution in [1.29, 1.82) is 0 Å². The highest BCUT2D eigenvalue weighted by Gasteiger charge is 2.55. The Morgan fingerprint density at radius 1 is 1.35 bits per heavy atom. The van der Waals surface area contributed by atoms with Crippen LogP contribution in [0.15, 0.2) is 18.2 Å². The number of rotatable bonds is 3. The molecule has 0 bridgehead atoms. The highest BCUT2D eigenvalue weighted by molar-refractivity contribution is 9.09. The Bertz CT molecular complexity index is 531. The van der Waals surface area contributed by atoms with E-state index in [2.05, 4.69) is 15.9 Å². The van der Waals surface area contributed by atoms with Gasteiger partial charge in [-0.3, -0.25) is 4.79 Å². The van der Waals surface area contributed by atoms with Gasteiger partial charge in [-0.1, -0.05) is 39.7 Å². The molecule has 0 radical (unpaired) electrons. The third-order valence-electron chi connectivity index (χ3n) is 3.55. The molecule has 0 saturated carbocycles. The summed E-state index contributed by atoms with van der Waals surface area (Å²) < 4.78 is 11.5. The third-order valence-corrected chi connectivity index (χ3v) is 4.42. The lowest BCUT2D eigenvalue weighted by atomic mass is 10.1. The van der Waals surface area contributed by atoms with E-state index in [0.29, 0.717) is 24.8 Å². The molecule has 108 valence electrons. The normalized spacial score (nSPS) is 20.5. The number of alkyl halides is 1. The first-order chi connectivity index (χ1) is 9.70. The average Bonchev–Trinajstić information content (AvgIpc) is 2.70. The van der Waals surface area contributed by atoms with Crippen molar-refractivity contribution in [1.82, 2.24) is 0 Å². The average molecular weight is 361 g/mol. The molecule has 3 rings (SSSR count). The number of ether oxygens (including phenoxy) is 2. The summed E-state index contributed by atoms with van der Waals surface area (Å²) in [5, 5.41) is 1.38. The first kappa shape index (κ1) is 14.3. The van der Waals surface area contributed by atoms with Crippen LogP contribution in [0.3, 0.4) is 0 Å². The van der Waals surface area contributed by atoms with Gasteiger partial charge in [0.25, 0.3) is 11.7 Å². The fourth-order valence-corrected chi connectivity index (χ4v) is 3.22. The fourth-order valence-electron chi connectivity index (χ4n) is 2.69. The van der Waals surface area contributed by atoms with E-state index in [1.807, 2.05) is 12.1 Å². The maximum Gasteiger partial charge on any atom is 0.292 e. The Hall–Kier alpha value is -0.620. The van der Waals surface area contributed by atoms with E-state index in [1.54, 1.807) is 11.0 Å². The molecular formula is C14H15BrClNO3. The lowest BCUT2D eigenvalue weighted by Gasteiger charge is -2.32. The summed E-state index contributed by atoms with van der Waals surface area (Å²) in [4.78, 5) is 14.5. The molecule has 0 aliphatic carbocycles. The largest absolute Gasteiger partial charge is 0.338 e. The molecule has 4 nitrogen and oxygen atoms in total. The maximum absolute atomic E-state index is 12.8. The number of halogens is 2. The van der Waals surface area contributed by atoms with E-state index < -0.39 is 5.79 Å². The zero-order chi connectivity index (χ0) is 14.2. The van der Waals surface area contributed by atoms with Gasteiger partial charge in [0.15, 0.2) is 0 Å². The molecular weight excluding hydrogens is 346 g/mol. The van der Waals surface area contributed by atoms with Crippen LogP contribution in [0.1, 0.15) is 18.4 Å². The second-order valence-corrected chi connectivity index (χ2v) is 6.00. The van der Waals surface area contributed by atoms with Crippen molar-refractivity contribution < 1.29 is 14.3 Å². The van der Waals surface area contributed by atoms with E-state index in [-0.39, 0.29) is 5.91 Å². The van der Waals surface area contributed by atoms with Gasteiger partial charge in [-0.2, -0.15) is 0 Å². The third kappa shape index (κ3) is 2.08. The number of carbonyl (C=O) groups is 1. The smallest absolute Gasteiger partial charge is 0.292 e. The molecule has 2 aliphatic heterocycles. The molecule has 0 unspecified atom stereocenters. The Kier molecular flexibility index (Phi) is 4.04. The number of hydrogen-bond donors (Lipinski definition) is 0. The maximum atomic E-state index is 12.8. The lowest BCUT2D eigenvalue weighted by molar-refractivity contribution is -0.256. The monoisotopic (exact) mass is 359 g/mol. The Labute approximate surface area is 131 Å². The zero-order valence-electron chi connectivity index (χ0n) is 10.9. The summed E-state index contributed by atoms with van der Waals surface area (Å²) in [5.41, 5.74) is 1.45. The first-order valence-corrected chi connectivity index (χ1v) is 8.15. The van der Waals surface area contributed by atoms with Crippen molar-refractivity contribution in [2.45, 2.75) is 18.6 Å². The van der Waals surface area contributed by atoms with Crippen LogP contribution in [0.2, 0.25) is 5.02 Å². The van der Waals surface area contributed by atoms with E-state index in [1.165, 1.54) is 0 Å². The van der Waals surface area contributed by atoms with Gasteiger partial charge in [0.05, 0.1) is 23.9 Å². The van der Waals surface area contributed by atoms with Gasteiger partial charge in [0.2, 0.25) is 0 Å². The molecule has 2 aliphatic rings. The number of amides is 1. The second kappa shape index (κ2) is 5.64. The molecule has 1 fully saturated rings. The standard InChI is InChI=1S/C14H15BrClNO3/c15-6-2-7-17-12-10(4-1-5-11(12)16)14(13(17)18)19-8-3-9-20-14/h1,4-5H,2-3,6-9H2. The topological polar surface area (TPSA) is 38.8 Å². The number of para-hydroxylation sites is 1. The molecule has 1 spiro atoms. The molecule has 0 atom stereocenters. The molecule has 6 heteroatoms. The van der Waals surface area contributed by atoms with Crippen molar-refractivity contribution >= 4 is 39.1 Å². The Morgan fingerprint density at radius 3 is 2.80 bits per heavy atom.